The van der Waals surface area contributed by atoms with Crippen LogP contribution in [0.4, 0.5) is 0 Å². The molecule has 0 fully saturated rings. The van der Waals surface area contributed by atoms with E-state index in [2.05, 4.69) is 43.7 Å². The first-order chi connectivity index (χ1) is 4.09. The Kier molecular flexibility index (Phi) is 3.38. The van der Waals surface area contributed by atoms with E-state index in [1.54, 1.807) is 0 Å². The Balaban J connectivity index is 4.01. The van der Waals surface area contributed by atoms with Crippen LogP contribution in [0.5, 0.6) is 0 Å². The van der Waals surface area contributed by atoms with Gasteiger partial charge in [0, 0.05) is 38.4 Å². The molecule has 3 heteroatoms. The van der Waals surface area contributed by atoms with E-state index in [4.69, 9.17) is 0 Å². The molecule has 0 aliphatic heterocycles. The Morgan fingerprint density at radius 1 is 1.11 bits per heavy atom. The Labute approximate surface area is 60.6 Å². The standard InChI is InChI=1S/C6H16N2Si/c1-7(2)6(5-9)8(3)4/h5H,1-4,9H3. The quantitative estimate of drug-likeness (QED) is 0.472. The summed E-state index contributed by atoms with van der Waals surface area (Å²) in [5, 5.41) is 0. The van der Waals surface area contributed by atoms with Gasteiger partial charge in [0.25, 0.3) is 0 Å². The Morgan fingerprint density at radius 3 is 1.44 bits per heavy atom. The highest BCUT2D eigenvalue weighted by atomic mass is 28.1. The van der Waals surface area contributed by atoms with Crippen molar-refractivity contribution in [3.8, 4) is 0 Å². The van der Waals surface area contributed by atoms with Crippen molar-refractivity contribution in [1.29, 1.82) is 0 Å². The predicted molar refractivity (Wildman–Crippen MR) is 45.4 cm³/mol. The summed E-state index contributed by atoms with van der Waals surface area (Å²) in [6.07, 6.45) is 0. The van der Waals surface area contributed by atoms with Crippen LogP contribution in [0.25, 0.3) is 0 Å². The first-order valence-corrected chi connectivity index (χ1v) is 4.26. The number of hydrogen-bond acceptors (Lipinski definition) is 2. The van der Waals surface area contributed by atoms with Gasteiger partial charge in [-0.2, -0.15) is 0 Å². The lowest BCUT2D eigenvalue weighted by molar-refractivity contribution is 0.344. The summed E-state index contributed by atoms with van der Waals surface area (Å²) < 4.78 is 0. The van der Waals surface area contributed by atoms with Gasteiger partial charge in [-0.15, -0.1) is 0 Å². The van der Waals surface area contributed by atoms with Crippen LogP contribution in [0, 0.1) is 0 Å². The number of rotatable bonds is 2. The average Bonchev–Trinajstić information content (AvgIpc) is 1.64. The molecule has 0 aromatic carbocycles. The molecule has 0 heterocycles. The highest BCUT2D eigenvalue weighted by Gasteiger charge is 1.97. The summed E-state index contributed by atoms with van der Waals surface area (Å²) in [5.74, 6) is 1.29. The lowest BCUT2D eigenvalue weighted by Gasteiger charge is -2.24. The fourth-order valence-electron chi connectivity index (χ4n) is 0.916. The molecule has 0 unspecified atom stereocenters. The van der Waals surface area contributed by atoms with Crippen LogP contribution >= 0.6 is 0 Å². The molecular weight excluding hydrogens is 128 g/mol. The van der Waals surface area contributed by atoms with Crippen LogP contribution in [0.1, 0.15) is 0 Å². The van der Waals surface area contributed by atoms with Gasteiger partial charge in [0.05, 0.1) is 5.82 Å². The molecular formula is C6H16N2Si. The molecule has 0 spiro atoms. The van der Waals surface area contributed by atoms with Gasteiger partial charge in [0.2, 0.25) is 0 Å². The predicted octanol–water partition coefficient (Wildman–Crippen LogP) is -0.726. The molecule has 0 radical (unpaired) electrons. The lowest BCUT2D eigenvalue weighted by atomic mass is 10.6. The van der Waals surface area contributed by atoms with Gasteiger partial charge in [-0.1, -0.05) is 5.70 Å². The van der Waals surface area contributed by atoms with E-state index in [1.165, 1.54) is 5.82 Å². The van der Waals surface area contributed by atoms with Crippen molar-refractivity contribution >= 4 is 10.2 Å². The normalized spacial score (nSPS) is 8.89. The highest BCUT2D eigenvalue weighted by Crippen LogP contribution is 1.98. The summed E-state index contributed by atoms with van der Waals surface area (Å²) in [7, 11) is 9.36. The molecule has 0 bridgehead atoms. The van der Waals surface area contributed by atoms with Crippen molar-refractivity contribution in [2.24, 2.45) is 0 Å². The van der Waals surface area contributed by atoms with Crippen LogP contribution in [0.3, 0.4) is 0 Å². The van der Waals surface area contributed by atoms with Crippen molar-refractivity contribution in [2.75, 3.05) is 28.2 Å². The minimum absolute atomic E-state index is 1.12. The van der Waals surface area contributed by atoms with E-state index in [-0.39, 0.29) is 0 Å². The maximum Gasteiger partial charge on any atom is 0.0938 e. The minimum Gasteiger partial charge on any atom is -0.365 e. The monoisotopic (exact) mass is 144 g/mol. The van der Waals surface area contributed by atoms with Gasteiger partial charge in [-0.3, -0.25) is 0 Å². The summed E-state index contributed by atoms with van der Waals surface area (Å²) >= 11 is 0. The zero-order valence-electron chi connectivity index (χ0n) is 6.97. The Hall–Kier alpha value is -0.443. The molecule has 0 aromatic rings. The van der Waals surface area contributed by atoms with Crippen LogP contribution in [-0.2, 0) is 0 Å². The molecule has 0 amide bonds. The summed E-state index contributed by atoms with van der Waals surface area (Å²) in [6, 6.07) is 0. The lowest BCUT2D eigenvalue weighted by Crippen LogP contribution is -2.24. The highest BCUT2D eigenvalue weighted by molar-refractivity contribution is 6.17. The molecule has 0 aromatic heterocycles. The van der Waals surface area contributed by atoms with Gasteiger partial charge < -0.3 is 9.80 Å². The molecule has 9 heavy (non-hydrogen) atoms. The van der Waals surface area contributed by atoms with Crippen molar-refractivity contribution in [3.05, 3.63) is 11.5 Å². The third-order valence-electron chi connectivity index (χ3n) is 1.17. The summed E-state index contributed by atoms with van der Waals surface area (Å²) in [6.45, 7) is 0. The van der Waals surface area contributed by atoms with E-state index in [0.717, 1.165) is 10.2 Å². The van der Waals surface area contributed by atoms with E-state index in [0.29, 0.717) is 0 Å². The second kappa shape index (κ2) is 3.56. The molecule has 0 saturated carbocycles. The molecule has 0 aliphatic carbocycles. The van der Waals surface area contributed by atoms with Crippen molar-refractivity contribution < 1.29 is 0 Å². The molecule has 0 atom stereocenters. The smallest absolute Gasteiger partial charge is 0.0938 e. The van der Waals surface area contributed by atoms with Crippen molar-refractivity contribution in [3.63, 3.8) is 0 Å². The van der Waals surface area contributed by atoms with E-state index < -0.39 is 0 Å². The first-order valence-electron chi connectivity index (χ1n) is 3.10. The van der Waals surface area contributed by atoms with E-state index in [1.807, 2.05) is 0 Å². The van der Waals surface area contributed by atoms with Gasteiger partial charge in [0.1, 0.15) is 0 Å². The third-order valence-corrected chi connectivity index (χ3v) is 1.69. The van der Waals surface area contributed by atoms with E-state index in [9.17, 15) is 0 Å². The first kappa shape index (κ1) is 8.56. The average molecular weight is 144 g/mol. The molecule has 54 valence electrons. The molecule has 2 nitrogen and oxygen atoms in total. The van der Waals surface area contributed by atoms with Crippen LogP contribution in [-0.4, -0.2) is 48.2 Å². The maximum atomic E-state index is 2.22. The van der Waals surface area contributed by atoms with E-state index >= 15 is 0 Å². The Bertz CT molecular complexity index is 97.6. The Morgan fingerprint density at radius 2 is 1.44 bits per heavy atom. The second-order valence-electron chi connectivity index (χ2n) is 2.44. The van der Waals surface area contributed by atoms with Crippen LogP contribution in [0.2, 0.25) is 0 Å². The minimum atomic E-state index is 1.12. The fourth-order valence-corrected chi connectivity index (χ4v) is 1.95. The largest absolute Gasteiger partial charge is 0.365 e. The number of hydrogen-bond donors (Lipinski definition) is 0. The molecule has 0 saturated heterocycles. The SMILES string of the molecule is CN(C)C(=C[SiH3])N(C)C. The zero-order valence-corrected chi connectivity index (χ0v) is 8.97. The van der Waals surface area contributed by atoms with Crippen LogP contribution in [0.15, 0.2) is 11.5 Å². The second-order valence-corrected chi connectivity index (χ2v) is 3.01. The van der Waals surface area contributed by atoms with Crippen molar-refractivity contribution in [2.45, 2.75) is 0 Å². The van der Waals surface area contributed by atoms with Gasteiger partial charge in [-0.25, -0.2) is 0 Å². The zero-order chi connectivity index (χ0) is 7.44. The topological polar surface area (TPSA) is 6.48 Å². The summed E-state index contributed by atoms with van der Waals surface area (Å²) in [4.78, 5) is 4.24. The number of nitrogens with zero attached hydrogens (tertiary/aromatic N) is 2. The molecule has 0 rings (SSSR count). The van der Waals surface area contributed by atoms with Crippen molar-refractivity contribution in [1.82, 2.24) is 9.80 Å². The molecule has 0 N–H and O–H groups in total. The summed E-state index contributed by atoms with van der Waals surface area (Å²) in [5.41, 5.74) is 2.22. The van der Waals surface area contributed by atoms with Gasteiger partial charge in [0.15, 0.2) is 0 Å². The maximum absolute atomic E-state index is 2.22. The fraction of sp³-hybridized carbons (Fsp3) is 0.667. The van der Waals surface area contributed by atoms with Crippen LogP contribution < -0.4 is 0 Å². The van der Waals surface area contributed by atoms with Gasteiger partial charge in [-0.05, 0) is 0 Å². The third kappa shape index (κ3) is 2.55. The molecule has 0 aliphatic rings. The van der Waals surface area contributed by atoms with Gasteiger partial charge >= 0.3 is 0 Å².